The van der Waals surface area contributed by atoms with Crippen LogP contribution in [0.15, 0.2) is 35.3 Å². The summed E-state index contributed by atoms with van der Waals surface area (Å²) in [7, 11) is 0. The van der Waals surface area contributed by atoms with Gasteiger partial charge in [-0.2, -0.15) is 13.2 Å². The first kappa shape index (κ1) is 14.0. The van der Waals surface area contributed by atoms with E-state index < -0.39 is 23.6 Å². The van der Waals surface area contributed by atoms with E-state index in [4.69, 9.17) is 0 Å². The molecule has 2 nitrogen and oxygen atoms in total. The molecular formula is C12H9BrF4N2. The molecule has 2 rings (SSSR count). The van der Waals surface area contributed by atoms with Crippen LogP contribution in [0.3, 0.4) is 0 Å². The lowest BCUT2D eigenvalue weighted by Gasteiger charge is -2.15. The van der Waals surface area contributed by atoms with Gasteiger partial charge in [-0.1, -0.05) is 6.07 Å². The average Bonchev–Trinajstić information content (AvgIpc) is 2.73. The van der Waals surface area contributed by atoms with Gasteiger partial charge in [-0.05, 0) is 35.0 Å². The monoisotopic (exact) mass is 336 g/mol. The topological polar surface area (TPSA) is 17.8 Å². The molecule has 0 bridgehead atoms. The van der Waals surface area contributed by atoms with E-state index in [1.165, 1.54) is 6.33 Å². The molecule has 1 unspecified atom stereocenters. The molecule has 1 heterocycles. The lowest BCUT2D eigenvalue weighted by atomic mass is 10.0. The number of imidazole rings is 1. The van der Waals surface area contributed by atoms with Crippen molar-refractivity contribution in [2.24, 2.45) is 0 Å². The Morgan fingerprint density at radius 1 is 1.32 bits per heavy atom. The molecular weight excluding hydrogens is 328 g/mol. The van der Waals surface area contributed by atoms with Crippen LogP contribution in [0.2, 0.25) is 0 Å². The summed E-state index contributed by atoms with van der Waals surface area (Å²) in [5.41, 5.74) is -0.814. The van der Waals surface area contributed by atoms with Gasteiger partial charge in [0.1, 0.15) is 10.4 Å². The van der Waals surface area contributed by atoms with Crippen LogP contribution in [0.5, 0.6) is 0 Å². The Balaban J connectivity index is 2.36. The summed E-state index contributed by atoms with van der Waals surface area (Å²) in [5, 5.41) is 0. The largest absolute Gasteiger partial charge is 0.416 e. The highest BCUT2D eigenvalue weighted by Crippen LogP contribution is 2.32. The van der Waals surface area contributed by atoms with Crippen LogP contribution in [0, 0.1) is 5.82 Å². The first-order valence-corrected chi connectivity index (χ1v) is 6.14. The lowest BCUT2D eigenvalue weighted by molar-refractivity contribution is -0.137. The fourth-order valence-electron chi connectivity index (χ4n) is 1.73. The zero-order valence-corrected chi connectivity index (χ0v) is 11.3. The van der Waals surface area contributed by atoms with Crippen LogP contribution in [0.4, 0.5) is 17.6 Å². The maximum absolute atomic E-state index is 13.8. The van der Waals surface area contributed by atoms with Gasteiger partial charge < -0.3 is 4.57 Å². The third-order valence-corrected chi connectivity index (χ3v) is 3.20. The summed E-state index contributed by atoms with van der Waals surface area (Å²) in [5.74, 6) is -0.882. The molecule has 19 heavy (non-hydrogen) atoms. The number of aromatic nitrogens is 2. The second kappa shape index (κ2) is 4.96. The van der Waals surface area contributed by atoms with Crippen LogP contribution >= 0.6 is 15.9 Å². The summed E-state index contributed by atoms with van der Waals surface area (Å²) in [6, 6.07) is 2.09. The predicted octanol–water partition coefficient (Wildman–Crippen LogP) is 4.41. The van der Waals surface area contributed by atoms with Crippen LogP contribution in [-0.2, 0) is 6.18 Å². The van der Waals surface area contributed by atoms with Crippen molar-refractivity contribution in [3.05, 3.63) is 52.3 Å². The molecule has 1 atom stereocenters. The Bertz CT molecular complexity index is 592. The molecule has 102 valence electrons. The summed E-state index contributed by atoms with van der Waals surface area (Å²) in [6.45, 7) is 1.68. The van der Waals surface area contributed by atoms with E-state index in [0.717, 1.165) is 12.1 Å². The van der Waals surface area contributed by atoms with Crippen molar-refractivity contribution in [2.75, 3.05) is 0 Å². The molecule has 1 aromatic carbocycles. The molecule has 0 saturated heterocycles. The van der Waals surface area contributed by atoms with Crippen molar-refractivity contribution < 1.29 is 17.6 Å². The molecule has 0 N–H and O–H groups in total. The van der Waals surface area contributed by atoms with Gasteiger partial charge in [0.2, 0.25) is 0 Å². The minimum absolute atomic E-state index is 0.179. The lowest BCUT2D eigenvalue weighted by Crippen LogP contribution is -2.10. The smallest absolute Gasteiger partial charge is 0.329 e. The summed E-state index contributed by atoms with van der Waals surface area (Å²) in [6.07, 6.45) is -1.44. The summed E-state index contributed by atoms with van der Waals surface area (Å²) < 4.78 is 53.3. The van der Waals surface area contributed by atoms with Crippen molar-refractivity contribution in [1.82, 2.24) is 9.55 Å². The number of rotatable bonds is 2. The van der Waals surface area contributed by atoms with Crippen LogP contribution < -0.4 is 0 Å². The van der Waals surface area contributed by atoms with Crippen molar-refractivity contribution in [1.29, 1.82) is 0 Å². The molecule has 0 radical (unpaired) electrons. The van der Waals surface area contributed by atoms with Crippen LogP contribution in [0.1, 0.15) is 24.1 Å². The summed E-state index contributed by atoms with van der Waals surface area (Å²) in [4.78, 5) is 3.93. The number of alkyl halides is 3. The highest BCUT2D eigenvalue weighted by molar-refractivity contribution is 9.10. The fraction of sp³-hybridized carbons (Fsp3) is 0.250. The van der Waals surface area contributed by atoms with Gasteiger partial charge in [0, 0.05) is 11.8 Å². The van der Waals surface area contributed by atoms with E-state index in [9.17, 15) is 17.6 Å². The number of halogens is 5. The Labute approximate surface area is 115 Å². The maximum Gasteiger partial charge on any atom is 0.416 e. The number of hydrogen-bond acceptors (Lipinski definition) is 1. The third-order valence-electron chi connectivity index (χ3n) is 2.80. The first-order chi connectivity index (χ1) is 8.79. The molecule has 0 amide bonds. The van der Waals surface area contributed by atoms with Gasteiger partial charge in [-0.25, -0.2) is 9.37 Å². The highest BCUT2D eigenvalue weighted by atomic mass is 79.9. The molecule has 0 aliphatic rings. The van der Waals surface area contributed by atoms with E-state index in [1.807, 2.05) is 0 Å². The van der Waals surface area contributed by atoms with Crippen molar-refractivity contribution in [2.45, 2.75) is 19.1 Å². The van der Waals surface area contributed by atoms with Crippen LogP contribution in [-0.4, -0.2) is 9.55 Å². The number of hydrogen-bond donors (Lipinski definition) is 0. The van der Waals surface area contributed by atoms with Gasteiger partial charge in [0.05, 0.1) is 17.9 Å². The number of benzene rings is 1. The standard InChI is InChI=1S/C12H9BrF4N2/c1-7(19-5-11(13)18-6-19)9-3-2-8(4-10(9)14)12(15,16)17/h2-7H,1H3. The van der Waals surface area contributed by atoms with E-state index in [2.05, 4.69) is 20.9 Å². The van der Waals surface area contributed by atoms with Gasteiger partial charge in [-0.15, -0.1) is 0 Å². The molecule has 0 saturated carbocycles. The van der Waals surface area contributed by atoms with E-state index in [-0.39, 0.29) is 5.56 Å². The molecule has 0 aliphatic heterocycles. The zero-order valence-electron chi connectivity index (χ0n) is 9.75. The van der Waals surface area contributed by atoms with Crippen molar-refractivity contribution in [3.63, 3.8) is 0 Å². The van der Waals surface area contributed by atoms with Gasteiger partial charge in [0.25, 0.3) is 0 Å². The molecule has 2 aromatic rings. The van der Waals surface area contributed by atoms with E-state index in [1.54, 1.807) is 17.7 Å². The molecule has 7 heteroatoms. The fourth-order valence-corrected chi connectivity index (χ4v) is 2.05. The van der Waals surface area contributed by atoms with Gasteiger partial charge >= 0.3 is 6.18 Å². The normalized spacial score (nSPS) is 13.6. The summed E-state index contributed by atoms with van der Waals surface area (Å²) >= 11 is 3.15. The zero-order chi connectivity index (χ0) is 14.2. The van der Waals surface area contributed by atoms with Gasteiger partial charge in [-0.3, -0.25) is 0 Å². The molecule has 0 aliphatic carbocycles. The minimum atomic E-state index is -4.54. The second-order valence-electron chi connectivity index (χ2n) is 4.05. The Morgan fingerprint density at radius 2 is 2.00 bits per heavy atom. The molecule has 0 fully saturated rings. The maximum atomic E-state index is 13.8. The Hall–Kier alpha value is -1.37. The molecule has 0 spiro atoms. The van der Waals surface area contributed by atoms with Crippen molar-refractivity contribution in [3.8, 4) is 0 Å². The van der Waals surface area contributed by atoms with Crippen molar-refractivity contribution >= 4 is 15.9 Å². The first-order valence-electron chi connectivity index (χ1n) is 5.34. The predicted molar refractivity (Wildman–Crippen MR) is 65.1 cm³/mol. The SMILES string of the molecule is CC(c1ccc(C(F)(F)F)cc1F)n1cnc(Br)c1. The van der Waals surface area contributed by atoms with Gasteiger partial charge in [0.15, 0.2) is 0 Å². The van der Waals surface area contributed by atoms with E-state index >= 15 is 0 Å². The molecule has 1 aromatic heterocycles. The van der Waals surface area contributed by atoms with Crippen LogP contribution in [0.25, 0.3) is 0 Å². The highest BCUT2D eigenvalue weighted by Gasteiger charge is 2.31. The third kappa shape index (κ3) is 2.97. The second-order valence-corrected chi connectivity index (χ2v) is 4.87. The Morgan fingerprint density at radius 3 is 2.47 bits per heavy atom. The quantitative estimate of drug-likeness (QED) is 0.742. The minimum Gasteiger partial charge on any atom is -0.329 e. The van der Waals surface area contributed by atoms with E-state index in [0.29, 0.717) is 10.7 Å². The Kier molecular flexibility index (Phi) is 3.66. The average molecular weight is 337 g/mol. The number of nitrogens with zero attached hydrogens (tertiary/aromatic N) is 2.